The maximum absolute atomic E-state index is 3.45. The lowest BCUT2D eigenvalue weighted by atomic mass is 9.68. The third kappa shape index (κ3) is 7.50. The lowest BCUT2D eigenvalue weighted by molar-refractivity contribution is 0.177. The Labute approximate surface area is 153 Å². The van der Waals surface area contributed by atoms with Gasteiger partial charge in [0.25, 0.3) is 0 Å². The molecule has 124 valence electrons. The Morgan fingerprint density at radius 2 is 2.14 bits per heavy atom. The summed E-state index contributed by atoms with van der Waals surface area (Å²) in [5.41, 5.74) is 5.48. The summed E-state index contributed by atoms with van der Waals surface area (Å²) in [7, 11) is -1.18. The third-order valence-corrected chi connectivity index (χ3v) is 6.52. The van der Waals surface area contributed by atoms with Gasteiger partial charge in [0, 0.05) is 6.42 Å². The van der Waals surface area contributed by atoms with Crippen LogP contribution in [0, 0.1) is 22.8 Å². The number of allylic oxidation sites excluding steroid dienone is 4. The van der Waals surface area contributed by atoms with Crippen LogP contribution in [-0.4, -0.2) is 8.07 Å². The maximum Gasteiger partial charge on any atom is 0.129 e. The van der Waals surface area contributed by atoms with E-state index < -0.39 is 8.07 Å². The molecular weight excluding hydrogens is 395 g/mol. The van der Waals surface area contributed by atoms with Gasteiger partial charge in [0.15, 0.2) is 0 Å². The molecule has 0 saturated heterocycles. The standard InChI is InChI=1S/C20H33ISi/c1-17(10-8-7-9-15-22(4,5)6)13-14-20(3)16-19(21)12-11-18(20)2/h10,12,18H,7-8,11,13-14,16H2,1-6H3/b17-10+/t18-,20-/m1/s1. The molecule has 0 radical (unpaired) electrons. The summed E-state index contributed by atoms with van der Waals surface area (Å²) in [6.07, 6.45) is 12.1. The molecule has 0 N–H and O–H groups in total. The predicted molar refractivity (Wildman–Crippen MR) is 112 cm³/mol. The fourth-order valence-corrected chi connectivity index (χ4v) is 4.64. The van der Waals surface area contributed by atoms with Crippen molar-refractivity contribution in [3.05, 3.63) is 21.3 Å². The van der Waals surface area contributed by atoms with Crippen molar-refractivity contribution in [2.45, 2.75) is 78.9 Å². The molecule has 0 aromatic heterocycles. The zero-order valence-electron chi connectivity index (χ0n) is 15.4. The van der Waals surface area contributed by atoms with Crippen molar-refractivity contribution < 1.29 is 0 Å². The molecule has 22 heavy (non-hydrogen) atoms. The van der Waals surface area contributed by atoms with Crippen molar-refractivity contribution >= 4 is 30.7 Å². The Morgan fingerprint density at radius 3 is 2.77 bits per heavy atom. The second kappa shape index (κ2) is 8.73. The summed E-state index contributed by atoms with van der Waals surface area (Å²) < 4.78 is 1.56. The quantitative estimate of drug-likeness (QED) is 0.144. The van der Waals surface area contributed by atoms with Gasteiger partial charge in [0.05, 0.1) is 0 Å². The Morgan fingerprint density at radius 1 is 1.45 bits per heavy atom. The van der Waals surface area contributed by atoms with E-state index in [0.29, 0.717) is 5.41 Å². The second-order valence-corrected chi connectivity index (χ2v) is 14.4. The Bertz CT molecular complexity index is 484. The lowest BCUT2D eigenvalue weighted by Gasteiger charge is -2.39. The minimum atomic E-state index is -1.18. The van der Waals surface area contributed by atoms with Crippen molar-refractivity contribution in [3.63, 3.8) is 0 Å². The Kier molecular flexibility index (Phi) is 7.95. The number of unbranched alkanes of at least 4 members (excludes halogenated alkanes) is 1. The molecule has 0 spiro atoms. The van der Waals surface area contributed by atoms with Crippen LogP contribution in [0.2, 0.25) is 19.6 Å². The van der Waals surface area contributed by atoms with Crippen LogP contribution in [0.15, 0.2) is 21.3 Å². The number of rotatable bonds is 5. The number of hydrogen-bond acceptors (Lipinski definition) is 0. The van der Waals surface area contributed by atoms with Gasteiger partial charge >= 0.3 is 0 Å². The summed E-state index contributed by atoms with van der Waals surface area (Å²) in [4.78, 5) is 0. The molecule has 0 unspecified atom stereocenters. The molecule has 0 fully saturated rings. The van der Waals surface area contributed by atoms with E-state index in [4.69, 9.17) is 0 Å². The van der Waals surface area contributed by atoms with Gasteiger partial charge in [-0.25, -0.2) is 0 Å². The highest BCUT2D eigenvalue weighted by Crippen LogP contribution is 2.46. The first-order valence-corrected chi connectivity index (χ1v) is 13.2. The summed E-state index contributed by atoms with van der Waals surface area (Å²) in [5, 5.41) is 0. The van der Waals surface area contributed by atoms with Crippen LogP contribution in [0.4, 0.5) is 0 Å². The SMILES string of the molecule is C/C(=C\CCC#C[Si](C)(C)C)CC[C@]1(C)CC(I)=CC[C@H]1C. The molecule has 0 aromatic rings. The zero-order valence-corrected chi connectivity index (χ0v) is 18.5. The summed E-state index contributed by atoms with van der Waals surface area (Å²) >= 11 is 2.52. The average Bonchev–Trinajstić information content (AvgIpc) is 2.39. The van der Waals surface area contributed by atoms with E-state index in [1.807, 2.05) is 0 Å². The van der Waals surface area contributed by atoms with Gasteiger partial charge in [0.2, 0.25) is 0 Å². The van der Waals surface area contributed by atoms with E-state index in [2.05, 4.69) is 86.6 Å². The van der Waals surface area contributed by atoms with Crippen molar-refractivity contribution in [2.24, 2.45) is 11.3 Å². The highest BCUT2D eigenvalue weighted by molar-refractivity contribution is 14.1. The molecule has 0 saturated carbocycles. The van der Waals surface area contributed by atoms with Gasteiger partial charge in [-0.1, -0.05) is 51.2 Å². The van der Waals surface area contributed by atoms with Crippen LogP contribution < -0.4 is 0 Å². The topological polar surface area (TPSA) is 0 Å². The van der Waals surface area contributed by atoms with Gasteiger partial charge in [-0.2, -0.15) is 0 Å². The lowest BCUT2D eigenvalue weighted by Crippen LogP contribution is -2.28. The van der Waals surface area contributed by atoms with Crippen LogP contribution in [0.25, 0.3) is 0 Å². The first kappa shape index (κ1) is 20.0. The summed E-state index contributed by atoms with van der Waals surface area (Å²) in [6, 6.07) is 0. The second-order valence-electron chi connectivity index (χ2n) is 8.26. The molecular formula is C20H33ISi. The van der Waals surface area contributed by atoms with E-state index in [1.54, 1.807) is 9.15 Å². The monoisotopic (exact) mass is 428 g/mol. The fraction of sp³-hybridized carbons (Fsp3) is 0.700. The minimum Gasteiger partial charge on any atom is -0.132 e. The molecule has 2 atom stereocenters. The van der Waals surface area contributed by atoms with E-state index in [9.17, 15) is 0 Å². The van der Waals surface area contributed by atoms with E-state index in [-0.39, 0.29) is 0 Å². The highest BCUT2D eigenvalue weighted by atomic mass is 127. The van der Waals surface area contributed by atoms with Crippen LogP contribution in [0.3, 0.4) is 0 Å². The van der Waals surface area contributed by atoms with Crippen LogP contribution in [-0.2, 0) is 0 Å². The average molecular weight is 428 g/mol. The Hall–Kier alpha value is -0.0131. The third-order valence-electron chi connectivity index (χ3n) is 4.77. The van der Waals surface area contributed by atoms with Crippen molar-refractivity contribution in [1.29, 1.82) is 0 Å². The molecule has 1 aliphatic carbocycles. The molecule has 1 aliphatic rings. The molecule has 2 heteroatoms. The first-order valence-electron chi connectivity index (χ1n) is 8.62. The van der Waals surface area contributed by atoms with Gasteiger partial charge in [0.1, 0.15) is 8.07 Å². The van der Waals surface area contributed by atoms with Crippen LogP contribution in [0.1, 0.15) is 59.3 Å². The molecule has 0 heterocycles. The van der Waals surface area contributed by atoms with Crippen molar-refractivity contribution in [1.82, 2.24) is 0 Å². The van der Waals surface area contributed by atoms with Gasteiger partial charge in [-0.3, -0.25) is 0 Å². The maximum atomic E-state index is 3.45. The molecule has 0 nitrogen and oxygen atoms in total. The van der Waals surface area contributed by atoms with Gasteiger partial charge in [-0.15, -0.1) is 11.5 Å². The predicted octanol–water partition coefficient (Wildman–Crippen LogP) is 7.13. The van der Waals surface area contributed by atoms with E-state index in [1.165, 1.54) is 25.7 Å². The number of hydrogen-bond donors (Lipinski definition) is 0. The summed E-state index contributed by atoms with van der Waals surface area (Å²) in [5.74, 6) is 4.17. The van der Waals surface area contributed by atoms with Gasteiger partial charge < -0.3 is 0 Å². The highest BCUT2D eigenvalue weighted by Gasteiger charge is 2.33. The first-order chi connectivity index (χ1) is 10.1. The molecule has 0 aliphatic heterocycles. The normalized spacial score (nSPS) is 26.2. The molecule has 1 rings (SSSR count). The zero-order chi connectivity index (χ0) is 16.8. The van der Waals surface area contributed by atoms with E-state index >= 15 is 0 Å². The largest absolute Gasteiger partial charge is 0.132 e. The van der Waals surface area contributed by atoms with E-state index in [0.717, 1.165) is 18.8 Å². The van der Waals surface area contributed by atoms with Crippen LogP contribution >= 0.6 is 22.6 Å². The van der Waals surface area contributed by atoms with Crippen molar-refractivity contribution in [3.8, 4) is 11.5 Å². The number of halogens is 1. The molecule has 0 amide bonds. The van der Waals surface area contributed by atoms with Crippen LogP contribution in [0.5, 0.6) is 0 Å². The minimum absolute atomic E-state index is 0.484. The molecule has 0 aromatic carbocycles. The Balaban J connectivity index is 2.41. The smallest absolute Gasteiger partial charge is 0.129 e. The summed E-state index contributed by atoms with van der Waals surface area (Å²) in [6.45, 7) is 14.1. The van der Waals surface area contributed by atoms with Gasteiger partial charge in [-0.05, 0) is 76.5 Å². The van der Waals surface area contributed by atoms with Crippen molar-refractivity contribution in [2.75, 3.05) is 0 Å². The fourth-order valence-electron chi connectivity index (χ4n) is 2.86. The molecule has 0 bridgehead atoms.